The van der Waals surface area contributed by atoms with Crippen molar-refractivity contribution in [2.24, 2.45) is 0 Å². The van der Waals surface area contributed by atoms with Crippen molar-refractivity contribution in [1.29, 1.82) is 0 Å². The van der Waals surface area contributed by atoms with Gasteiger partial charge in [0.05, 0.1) is 11.8 Å². The Kier molecular flexibility index (Phi) is 2.44. The van der Waals surface area contributed by atoms with Gasteiger partial charge in [-0.3, -0.25) is 4.98 Å². The lowest BCUT2D eigenvalue weighted by molar-refractivity contribution is 0.0605. The van der Waals surface area contributed by atoms with Crippen LogP contribution in [-0.4, -0.2) is 18.1 Å². The lowest BCUT2D eigenvalue weighted by atomic mass is 10.1. The van der Waals surface area contributed by atoms with Crippen molar-refractivity contribution in [3.8, 4) is 0 Å². The summed E-state index contributed by atoms with van der Waals surface area (Å²) in [7, 11) is 1.40. The summed E-state index contributed by atoms with van der Waals surface area (Å²) >= 11 is 1.43. The van der Waals surface area contributed by atoms with E-state index in [0.29, 0.717) is 4.88 Å². The fraction of sp³-hybridized carbons (Fsp3) is 0.273. The number of hydrogen-bond acceptors (Lipinski definition) is 4. The molecule has 0 saturated heterocycles. The number of rotatable bonds is 1. The molecule has 2 aromatic heterocycles. The Morgan fingerprint density at radius 3 is 2.73 bits per heavy atom. The van der Waals surface area contributed by atoms with Gasteiger partial charge in [-0.05, 0) is 25.0 Å². The number of carbonyl (C=O) groups is 1. The van der Waals surface area contributed by atoms with Crippen LogP contribution in [0.15, 0.2) is 12.4 Å². The molecule has 0 aromatic carbocycles. The molecule has 3 nitrogen and oxygen atoms in total. The van der Waals surface area contributed by atoms with Crippen molar-refractivity contribution >= 4 is 27.4 Å². The predicted octanol–water partition coefficient (Wildman–Crippen LogP) is 2.70. The Hall–Kier alpha value is -1.42. The van der Waals surface area contributed by atoms with E-state index in [1.807, 2.05) is 20.0 Å². The van der Waals surface area contributed by atoms with Gasteiger partial charge in [0.25, 0.3) is 0 Å². The predicted molar refractivity (Wildman–Crippen MR) is 60.4 cm³/mol. The van der Waals surface area contributed by atoms with Gasteiger partial charge in [0.2, 0.25) is 0 Å². The number of pyridine rings is 1. The van der Waals surface area contributed by atoms with Crippen LogP contribution in [-0.2, 0) is 4.74 Å². The first-order chi connectivity index (χ1) is 7.15. The summed E-state index contributed by atoms with van der Waals surface area (Å²) in [5.74, 6) is -0.270. The standard InChI is InChI=1S/C11H11NO2S/c1-6-4-12-5-8-9(6)7(2)10(15-8)11(13)14-3/h4-5H,1-3H3. The molecule has 0 aliphatic rings. The number of aryl methyl sites for hydroxylation is 2. The van der Waals surface area contributed by atoms with Crippen LogP contribution in [0.2, 0.25) is 0 Å². The summed E-state index contributed by atoms with van der Waals surface area (Å²) in [4.78, 5) is 16.3. The Morgan fingerprint density at radius 2 is 2.13 bits per heavy atom. The summed E-state index contributed by atoms with van der Waals surface area (Å²) in [5.41, 5.74) is 2.08. The second-order valence-corrected chi connectivity index (χ2v) is 4.43. The molecule has 0 spiro atoms. The molecule has 15 heavy (non-hydrogen) atoms. The molecule has 78 valence electrons. The molecular formula is C11H11NO2S. The number of ether oxygens (including phenoxy) is 1. The first kappa shape index (κ1) is 10.1. The van der Waals surface area contributed by atoms with E-state index in [1.54, 1.807) is 6.20 Å². The van der Waals surface area contributed by atoms with Gasteiger partial charge in [0.15, 0.2) is 0 Å². The van der Waals surface area contributed by atoms with E-state index in [9.17, 15) is 4.79 Å². The molecule has 2 aromatic rings. The second kappa shape index (κ2) is 3.62. The van der Waals surface area contributed by atoms with E-state index in [0.717, 1.165) is 21.2 Å². The number of hydrogen-bond donors (Lipinski definition) is 0. The Morgan fingerprint density at radius 1 is 1.40 bits per heavy atom. The lowest BCUT2D eigenvalue weighted by Gasteiger charge is -1.97. The molecule has 2 rings (SSSR count). The first-order valence-electron chi connectivity index (χ1n) is 4.57. The highest BCUT2D eigenvalue weighted by Crippen LogP contribution is 2.32. The van der Waals surface area contributed by atoms with Crippen LogP contribution < -0.4 is 0 Å². The zero-order valence-electron chi connectivity index (χ0n) is 8.83. The van der Waals surface area contributed by atoms with Gasteiger partial charge >= 0.3 is 5.97 Å². The topological polar surface area (TPSA) is 39.2 Å². The van der Waals surface area contributed by atoms with E-state index in [1.165, 1.54) is 18.4 Å². The molecule has 0 fully saturated rings. The fourth-order valence-corrected chi connectivity index (χ4v) is 2.86. The highest BCUT2D eigenvalue weighted by atomic mass is 32.1. The molecule has 0 aliphatic heterocycles. The zero-order chi connectivity index (χ0) is 11.0. The molecule has 2 heterocycles. The van der Waals surface area contributed by atoms with Gasteiger partial charge in [-0.15, -0.1) is 11.3 Å². The SMILES string of the molecule is COC(=O)c1sc2cncc(C)c2c1C. The number of methoxy groups -OCH3 is 1. The zero-order valence-corrected chi connectivity index (χ0v) is 9.64. The minimum Gasteiger partial charge on any atom is -0.465 e. The average Bonchev–Trinajstić information content (AvgIpc) is 2.56. The normalized spacial score (nSPS) is 10.6. The number of aromatic nitrogens is 1. The summed E-state index contributed by atoms with van der Waals surface area (Å²) < 4.78 is 5.77. The van der Waals surface area contributed by atoms with Crippen molar-refractivity contribution in [3.63, 3.8) is 0 Å². The van der Waals surface area contributed by atoms with Gasteiger partial charge in [0.1, 0.15) is 4.88 Å². The molecule has 0 N–H and O–H groups in total. The highest BCUT2D eigenvalue weighted by molar-refractivity contribution is 7.21. The quantitative estimate of drug-likeness (QED) is 0.695. The fourth-order valence-electron chi connectivity index (χ4n) is 1.69. The molecule has 0 radical (unpaired) electrons. The first-order valence-corrected chi connectivity index (χ1v) is 5.38. The average molecular weight is 221 g/mol. The molecule has 0 aliphatic carbocycles. The van der Waals surface area contributed by atoms with Crippen LogP contribution in [0.4, 0.5) is 0 Å². The second-order valence-electron chi connectivity index (χ2n) is 3.38. The Balaban J connectivity index is 2.75. The Labute approximate surface area is 91.7 Å². The summed E-state index contributed by atoms with van der Waals surface area (Å²) in [6, 6.07) is 0. The van der Waals surface area contributed by atoms with Gasteiger partial charge in [-0.1, -0.05) is 0 Å². The number of carbonyl (C=O) groups excluding carboxylic acids is 1. The lowest BCUT2D eigenvalue weighted by Crippen LogP contribution is -1.99. The summed E-state index contributed by atoms with van der Waals surface area (Å²) in [5, 5.41) is 1.12. The third-order valence-corrected chi connectivity index (χ3v) is 3.61. The maximum atomic E-state index is 11.5. The number of esters is 1. The van der Waals surface area contributed by atoms with E-state index >= 15 is 0 Å². The van der Waals surface area contributed by atoms with E-state index < -0.39 is 0 Å². The van der Waals surface area contributed by atoms with Crippen LogP contribution in [0.1, 0.15) is 20.8 Å². The van der Waals surface area contributed by atoms with Gasteiger partial charge in [-0.2, -0.15) is 0 Å². The molecule has 0 bridgehead atoms. The molecule has 0 unspecified atom stereocenters. The highest BCUT2D eigenvalue weighted by Gasteiger charge is 2.16. The number of thiophene rings is 1. The largest absolute Gasteiger partial charge is 0.465 e. The van der Waals surface area contributed by atoms with E-state index in [2.05, 4.69) is 4.98 Å². The molecule has 0 atom stereocenters. The summed E-state index contributed by atoms with van der Waals surface area (Å²) in [6.07, 6.45) is 3.59. The Bertz CT molecular complexity index is 531. The third kappa shape index (κ3) is 1.51. The third-order valence-electron chi connectivity index (χ3n) is 2.40. The van der Waals surface area contributed by atoms with Gasteiger partial charge < -0.3 is 4.74 Å². The van der Waals surface area contributed by atoms with Crippen LogP contribution >= 0.6 is 11.3 Å². The van der Waals surface area contributed by atoms with Crippen molar-refractivity contribution in [1.82, 2.24) is 4.98 Å². The van der Waals surface area contributed by atoms with Crippen molar-refractivity contribution in [2.45, 2.75) is 13.8 Å². The van der Waals surface area contributed by atoms with Crippen molar-refractivity contribution < 1.29 is 9.53 Å². The number of nitrogens with zero attached hydrogens (tertiary/aromatic N) is 1. The van der Waals surface area contributed by atoms with Crippen LogP contribution in [0, 0.1) is 13.8 Å². The molecule has 4 heteroatoms. The van der Waals surface area contributed by atoms with Crippen LogP contribution in [0.25, 0.3) is 10.1 Å². The van der Waals surface area contributed by atoms with E-state index in [4.69, 9.17) is 4.74 Å². The minimum atomic E-state index is -0.270. The summed E-state index contributed by atoms with van der Waals surface area (Å²) in [6.45, 7) is 3.94. The smallest absolute Gasteiger partial charge is 0.348 e. The van der Waals surface area contributed by atoms with Gasteiger partial charge in [0, 0.05) is 17.8 Å². The number of fused-ring (bicyclic) bond motifs is 1. The maximum Gasteiger partial charge on any atom is 0.348 e. The van der Waals surface area contributed by atoms with Crippen molar-refractivity contribution in [3.05, 3.63) is 28.4 Å². The monoisotopic (exact) mass is 221 g/mol. The molecule has 0 saturated carbocycles. The van der Waals surface area contributed by atoms with Crippen molar-refractivity contribution in [2.75, 3.05) is 7.11 Å². The van der Waals surface area contributed by atoms with Crippen LogP contribution in [0.5, 0.6) is 0 Å². The molecular weight excluding hydrogens is 210 g/mol. The molecule has 0 amide bonds. The van der Waals surface area contributed by atoms with Gasteiger partial charge in [-0.25, -0.2) is 4.79 Å². The maximum absolute atomic E-state index is 11.5. The van der Waals surface area contributed by atoms with Crippen LogP contribution in [0.3, 0.4) is 0 Å². The van der Waals surface area contributed by atoms with E-state index in [-0.39, 0.29) is 5.97 Å². The minimum absolute atomic E-state index is 0.270.